The monoisotopic (exact) mass is 1640 g/mol. The normalized spacial score (nSPS) is 31.4. The predicted octanol–water partition coefficient (Wildman–Crippen LogP) is 13.3. The van der Waals surface area contributed by atoms with E-state index >= 15 is 15.3 Å². The topological polar surface area (TPSA) is 161 Å². The van der Waals surface area contributed by atoms with Crippen LogP contribution >= 0.6 is 0 Å². The smallest absolute Gasteiger partial charge is 0.872 e. The molecule has 21 rings (SSSR count). The van der Waals surface area contributed by atoms with Gasteiger partial charge in [-0.15, -0.1) is 17.2 Å². The van der Waals surface area contributed by atoms with E-state index in [1.807, 2.05) is 0 Å². The van der Waals surface area contributed by atoms with Gasteiger partial charge in [-0.1, -0.05) is 69.8 Å². The average molecular weight is 1640 g/mol. The van der Waals surface area contributed by atoms with Crippen LogP contribution in [0.4, 0.5) is 0 Å². The standard InChI is InChI=1S/C63H78O3.C12H24O6.4C4H8O.Dy.K/c1-34-7-49(58(64)55(10-34)61-25-40-13-41(26-61)15-42(14-40)27-61)22-52-37(4)53(23-50-8-35(2)11-56(59(50)65)62-28-43-16-44(29-62)18-45(17-43)30-62)39(6)54(38(52)5)24-51-9-36(3)12-57(60(51)66)63-31-46-19-47(32-63)21-48(20-46)33-63;1-2-14-5-6-16-9-10-18-12-11-17-8-7-15-4-3-13-1;4*1-2-4-5-3-1;;/h7-12,40-48,64-66H,13-33H2,1-6H3;1-12H2;4*1-4H2;;/q;;;;;;;+1/p-2. The van der Waals surface area contributed by atoms with Crippen molar-refractivity contribution in [2.75, 3.05) is 132 Å². The van der Waals surface area contributed by atoms with Crippen LogP contribution < -0.4 is 66.7 Å². The number of hydrogen-bond donors (Lipinski definition) is 0. The van der Waals surface area contributed by atoms with Crippen molar-refractivity contribution in [1.29, 1.82) is 0 Å². The second-order valence-electron chi connectivity index (χ2n) is 35.3. The van der Waals surface area contributed by atoms with E-state index < -0.39 is 0 Å². The Hall–Kier alpha value is -1.21. The van der Waals surface area contributed by atoms with Gasteiger partial charge >= 0.3 is 52.8 Å². The van der Waals surface area contributed by atoms with Crippen molar-refractivity contribution >= 4 is 0 Å². The van der Waals surface area contributed by atoms with Gasteiger partial charge in [0.05, 0.1) is 79.3 Å². The minimum atomic E-state index is 0. The van der Waals surface area contributed by atoms with E-state index in [-0.39, 0.29) is 124 Å². The zero-order valence-corrected chi connectivity index (χ0v) is 71.6. The number of rotatable bonds is 9. The first-order valence-corrected chi connectivity index (χ1v) is 41.9. The Morgan fingerprint density at radius 3 is 0.585 bits per heavy atom. The third-order valence-corrected chi connectivity index (χ3v) is 27.1. The quantitative estimate of drug-likeness (QED) is 0.146. The van der Waals surface area contributed by atoms with Crippen molar-refractivity contribution in [1.82, 2.24) is 0 Å². The summed E-state index contributed by atoms with van der Waals surface area (Å²) in [5, 5.41) is 45.5. The molecule has 12 bridgehead atoms. The number of ether oxygens (including phenoxy) is 10. The largest absolute Gasteiger partial charge is 1.00 e. The molecule has 0 amide bonds. The number of aryl methyl sites for hydroxylation is 3. The second-order valence-corrected chi connectivity index (χ2v) is 35.3. The van der Waals surface area contributed by atoms with Crippen molar-refractivity contribution in [2.45, 2.75) is 244 Å². The van der Waals surface area contributed by atoms with E-state index in [0.29, 0.717) is 98.5 Å². The Morgan fingerprint density at radius 1 is 0.274 bits per heavy atom. The first kappa shape index (κ1) is 85.7. The molecular formula is C91H132DyKO13-. The van der Waals surface area contributed by atoms with Gasteiger partial charge in [-0.2, -0.15) is 0 Å². The zero-order valence-electron chi connectivity index (χ0n) is 67.4. The fraction of sp³-hybridized carbons (Fsp3) is 0.736. The van der Waals surface area contributed by atoms with Gasteiger partial charge in [-0.05, 0) is 347 Å². The molecule has 586 valence electrons. The fourth-order valence-electron chi connectivity index (χ4n) is 23.6. The van der Waals surface area contributed by atoms with E-state index in [9.17, 15) is 0 Å². The molecule has 12 saturated carbocycles. The molecule has 4 aromatic rings. The Morgan fingerprint density at radius 2 is 0.434 bits per heavy atom. The Kier molecular flexibility index (Phi) is 33.4. The zero-order chi connectivity index (χ0) is 72.1. The molecule has 0 aromatic heterocycles. The van der Waals surface area contributed by atoms with Crippen LogP contribution in [-0.2, 0) is 82.9 Å². The molecule has 4 aromatic carbocycles. The molecule has 12 aliphatic carbocycles. The van der Waals surface area contributed by atoms with Crippen molar-refractivity contribution in [2.24, 2.45) is 53.3 Å². The maximum atomic E-state index is 15.2. The summed E-state index contributed by atoms with van der Waals surface area (Å²) in [5.41, 5.74) is 17.2. The van der Waals surface area contributed by atoms with Crippen LogP contribution in [-0.4, -0.2) is 132 Å². The number of hydrogen-bond acceptors (Lipinski definition) is 13. The molecule has 17 aliphatic rings. The fourth-order valence-corrected chi connectivity index (χ4v) is 23.6. The van der Waals surface area contributed by atoms with Crippen LogP contribution in [0, 0.1) is 133 Å². The van der Waals surface area contributed by atoms with Crippen molar-refractivity contribution < 1.29 is 154 Å². The first-order chi connectivity index (χ1) is 50.6. The molecule has 0 N–H and O–H groups in total. The van der Waals surface area contributed by atoms with Crippen LogP contribution in [0.2, 0.25) is 0 Å². The maximum absolute atomic E-state index is 15.2. The molecular weight excluding hydrogens is 1500 g/mol. The van der Waals surface area contributed by atoms with Crippen LogP contribution in [0.15, 0.2) is 36.4 Å². The molecule has 15 heteroatoms. The van der Waals surface area contributed by atoms with Crippen molar-refractivity contribution in [3.8, 4) is 17.2 Å². The van der Waals surface area contributed by atoms with E-state index in [4.69, 9.17) is 47.4 Å². The molecule has 0 radical (unpaired) electrons. The summed E-state index contributed by atoms with van der Waals surface area (Å²) < 4.78 is 51.7. The molecule has 13 nitrogen and oxygen atoms in total. The third kappa shape index (κ3) is 22.0. The van der Waals surface area contributed by atoms with Gasteiger partial charge in [-0.25, -0.2) is 0 Å². The summed E-state index contributed by atoms with van der Waals surface area (Å²) >= 11 is 0. The minimum Gasteiger partial charge on any atom is -0.872 e. The van der Waals surface area contributed by atoms with Crippen LogP contribution in [0.25, 0.3) is 0 Å². The Balaban J connectivity index is 0.000000243. The summed E-state index contributed by atoms with van der Waals surface area (Å²) in [4.78, 5) is 0. The predicted molar refractivity (Wildman–Crippen MR) is 407 cm³/mol. The van der Waals surface area contributed by atoms with Crippen molar-refractivity contribution in [3.63, 3.8) is 0 Å². The molecule has 5 saturated heterocycles. The van der Waals surface area contributed by atoms with Crippen LogP contribution in [0.5, 0.6) is 17.2 Å². The van der Waals surface area contributed by atoms with Gasteiger partial charge in [0, 0.05) is 91.0 Å². The molecule has 17 fully saturated rings. The summed E-state index contributed by atoms with van der Waals surface area (Å²) in [6.07, 6.45) is 35.0. The second kappa shape index (κ2) is 41.4. The van der Waals surface area contributed by atoms with Gasteiger partial charge < -0.3 is 62.7 Å². The third-order valence-electron chi connectivity index (χ3n) is 27.1. The molecule has 0 spiro atoms. The first-order valence-electron chi connectivity index (χ1n) is 41.9. The van der Waals surface area contributed by atoms with Gasteiger partial charge in [0.15, 0.2) is 0 Å². The van der Waals surface area contributed by atoms with Gasteiger partial charge in [0.1, 0.15) is 0 Å². The molecule has 0 unspecified atom stereocenters. The SMILES string of the molecule is C1CCOC1.C1CCOC1.C1CCOC1.C1CCOC1.C1COCCOCCOCCOCCOCCO1.Cc1cc(Cc2c(C)c(Cc3cc(C)cc(C45CC6CC(CC(C6)C4)C5)c3[O-])c(C)c(Cc3cc(C)cc(C45CC6CC(CC(C6)C4)C5)c3[O-])c2C)c([O-])c(C23CC4CC(CC(C4)C2)C3)c1.[Dy].[H+].[K+]. The van der Waals surface area contributed by atoms with E-state index in [0.717, 1.165) is 139 Å². The van der Waals surface area contributed by atoms with Gasteiger partial charge in [-0.3, -0.25) is 0 Å². The molecule has 5 aliphatic heterocycles. The van der Waals surface area contributed by atoms with Gasteiger partial charge in [0.25, 0.3) is 0 Å². The van der Waals surface area contributed by atoms with Crippen LogP contribution in [0.1, 0.15) is 252 Å². The van der Waals surface area contributed by atoms with E-state index in [1.54, 1.807) is 0 Å². The Labute approximate surface area is 712 Å². The Bertz CT molecular complexity index is 2850. The molecule has 0 atom stereocenters. The van der Waals surface area contributed by atoms with Crippen LogP contribution in [0.3, 0.4) is 0 Å². The van der Waals surface area contributed by atoms with Gasteiger partial charge in [0.2, 0.25) is 0 Å². The van der Waals surface area contributed by atoms with E-state index in [1.165, 1.54) is 217 Å². The molecule has 5 heterocycles. The number of benzene rings is 4. The summed E-state index contributed by atoms with van der Waals surface area (Å²) in [6, 6.07) is 13.5. The summed E-state index contributed by atoms with van der Waals surface area (Å²) in [7, 11) is 0. The summed E-state index contributed by atoms with van der Waals surface area (Å²) in [6.45, 7) is 28.5. The maximum Gasteiger partial charge on any atom is 1.00 e. The minimum absolute atomic E-state index is 0. The van der Waals surface area contributed by atoms with E-state index in [2.05, 4.69) is 77.9 Å². The average Bonchev–Trinajstić information content (AvgIpc) is 0.817. The molecule has 106 heavy (non-hydrogen) atoms. The van der Waals surface area contributed by atoms with Crippen molar-refractivity contribution in [3.05, 3.63) is 120 Å². The summed E-state index contributed by atoms with van der Waals surface area (Å²) in [5.74, 6) is 7.84.